The summed E-state index contributed by atoms with van der Waals surface area (Å²) < 4.78 is 17.5. The Labute approximate surface area is 167 Å². The van der Waals surface area contributed by atoms with Gasteiger partial charge >= 0.3 is 11.9 Å². The van der Waals surface area contributed by atoms with Gasteiger partial charge in [0.15, 0.2) is 0 Å². The van der Waals surface area contributed by atoms with E-state index in [1.807, 2.05) is 63.3 Å². The molecule has 0 aromatic heterocycles. The number of carbonyl (C=O) groups excluding carboxylic acids is 2. The van der Waals surface area contributed by atoms with Gasteiger partial charge in [-0.25, -0.2) is 0 Å². The Morgan fingerprint density at radius 1 is 0.929 bits per heavy atom. The van der Waals surface area contributed by atoms with Crippen LogP contribution in [-0.2, 0) is 23.8 Å². The van der Waals surface area contributed by atoms with E-state index >= 15 is 0 Å². The molecule has 1 aromatic carbocycles. The highest BCUT2D eigenvalue weighted by Gasteiger charge is 2.53. The van der Waals surface area contributed by atoms with Crippen molar-refractivity contribution in [1.29, 1.82) is 0 Å². The Bertz CT molecular complexity index is 716. The molecule has 0 N–H and O–H groups in total. The maximum absolute atomic E-state index is 11.8. The first kappa shape index (κ1) is 21.9. The molecule has 0 amide bonds. The lowest BCUT2D eigenvalue weighted by Crippen LogP contribution is -2.35. The number of ether oxygens (including phenoxy) is 3. The predicted octanol–water partition coefficient (Wildman–Crippen LogP) is 4.18. The van der Waals surface area contributed by atoms with Gasteiger partial charge < -0.3 is 14.2 Å². The number of rotatable bonds is 6. The van der Waals surface area contributed by atoms with E-state index in [1.54, 1.807) is 6.08 Å². The van der Waals surface area contributed by atoms with Gasteiger partial charge in [-0.3, -0.25) is 9.59 Å². The lowest BCUT2D eigenvalue weighted by Gasteiger charge is -2.30. The molecule has 0 aliphatic heterocycles. The highest BCUT2D eigenvalue weighted by Crippen LogP contribution is 2.42. The average molecular weight is 386 g/mol. The first-order valence-electron chi connectivity index (χ1n) is 9.50. The first-order chi connectivity index (χ1) is 13.1. The molecule has 0 bridgehead atoms. The maximum atomic E-state index is 11.8. The summed E-state index contributed by atoms with van der Waals surface area (Å²) in [7, 11) is 0. The Kier molecular flexibility index (Phi) is 7.19. The van der Waals surface area contributed by atoms with Crippen molar-refractivity contribution in [2.45, 2.75) is 58.5 Å². The monoisotopic (exact) mass is 386 g/mol. The van der Waals surface area contributed by atoms with Crippen molar-refractivity contribution in [2.24, 2.45) is 11.8 Å². The molecular formula is C23H30O5. The van der Waals surface area contributed by atoms with Gasteiger partial charge in [-0.05, 0) is 26.3 Å². The van der Waals surface area contributed by atoms with Crippen molar-refractivity contribution in [2.75, 3.05) is 0 Å². The summed E-state index contributed by atoms with van der Waals surface area (Å²) in [5, 5.41) is 0. The second-order valence-electron chi connectivity index (χ2n) is 8.00. The van der Waals surface area contributed by atoms with Crippen LogP contribution in [0.2, 0.25) is 0 Å². The highest BCUT2D eigenvalue weighted by molar-refractivity contribution is 5.68. The minimum absolute atomic E-state index is 0.296. The Balaban J connectivity index is 2.46. The summed E-state index contributed by atoms with van der Waals surface area (Å²) in [5.41, 5.74) is 0.584. The van der Waals surface area contributed by atoms with E-state index in [9.17, 15) is 9.59 Å². The molecule has 0 saturated heterocycles. The topological polar surface area (TPSA) is 61.8 Å². The lowest BCUT2D eigenvalue weighted by molar-refractivity contribution is -0.165. The normalized spacial score (nSPS) is 27.5. The molecule has 0 heterocycles. The molecule has 152 valence electrons. The predicted molar refractivity (Wildman–Crippen MR) is 108 cm³/mol. The Morgan fingerprint density at radius 2 is 1.46 bits per heavy atom. The Hall–Kier alpha value is -2.40. The van der Waals surface area contributed by atoms with Crippen LogP contribution in [0.3, 0.4) is 0 Å². The summed E-state index contributed by atoms with van der Waals surface area (Å²) in [6, 6.07) is 9.83. The fourth-order valence-electron chi connectivity index (χ4n) is 3.58. The summed E-state index contributed by atoms with van der Waals surface area (Å²) >= 11 is 0. The SMILES string of the molecule is C=C[C@@H]1[C@H](OC(C)(C)C)[C@H](/C=C/c2ccccc2)[C@@H](OC(C)=O)[C@H]1OC(C)=O. The molecule has 1 saturated carbocycles. The van der Waals surface area contributed by atoms with Crippen LogP contribution in [0.1, 0.15) is 40.2 Å². The van der Waals surface area contributed by atoms with E-state index in [0.717, 1.165) is 5.56 Å². The van der Waals surface area contributed by atoms with E-state index in [-0.39, 0.29) is 17.9 Å². The van der Waals surface area contributed by atoms with Crippen molar-refractivity contribution in [1.82, 2.24) is 0 Å². The van der Waals surface area contributed by atoms with E-state index in [4.69, 9.17) is 14.2 Å². The molecule has 0 spiro atoms. The van der Waals surface area contributed by atoms with Crippen LogP contribution in [0.5, 0.6) is 0 Å². The zero-order chi connectivity index (χ0) is 20.9. The number of hydrogen-bond donors (Lipinski definition) is 0. The number of carbonyl (C=O) groups is 2. The molecule has 28 heavy (non-hydrogen) atoms. The van der Waals surface area contributed by atoms with Gasteiger partial charge in [0.1, 0.15) is 12.2 Å². The van der Waals surface area contributed by atoms with Crippen LogP contribution in [0.4, 0.5) is 0 Å². The third-order valence-corrected chi connectivity index (χ3v) is 4.52. The summed E-state index contributed by atoms with van der Waals surface area (Å²) in [5.74, 6) is -1.47. The van der Waals surface area contributed by atoms with E-state index in [0.29, 0.717) is 0 Å². The average Bonchev–Trinajstić information content (AvgIpc) is 2.83. The van der Waals surface area contributed by atoms with Crippen molar-refractivity contribution in [3.63, 3.8) is 0 Å². The summed E-state index contributed by atoms with van der Waals surface area (Å²) in [4.78, 5) is 23.5. The fraction of sp³-hybridized carbons (Fsp3) is 0.478. The molecule has 1 aliphatic rings. The highest BCUT2D eigenvalue weighted by atomic mass is 16.6. The summed E-state index contributed by atoms with van der Waals surface area (Å²) in [6.07, 6.45) is 3.99. The molecule has 5 nitrogen and oxygen atoms in total. The molecule has 1 aromatic rings. The van der Waals surface area contributed by atoms with Crippen molar-refractivity contribution in [3.05, 3.63) is 54.6 Å². The minimum Gasteiger partial charge on any atom is -0.458 e. The molecule has 2 rings (SSSR count). The zero-order valence-corrected chi connectivity index (χ0v) is 17.3. The molecule has 1 aliphatic carbocycles. The molecule has 5 atom stereocenters. The van der Waals surface area contributed by atoms with Gasteiger partial charge in [-0.2, -0.15) is 0 Å². The third kappa shape index (κ3) is 5.80. The van der Waals surface area contributed by atoms with Crippen LogP contribution in [0, 0.1) is 11.8 Å². The van der Waals surface area contributed by atoms with E-state index < -0.39 is 29.7 Å². The van der Waals surface area contributed by atoms with Gasteiger partial charge in [0.25, 0.3) is 0 Å². The van der Waals surface area contributed by atoms with Gasteiger partial charge in [-0.1, -0.05) is 48.6 Å². The summed E-state index contributed by atoms with van der Waals surface area (Å²) in [6.45, 7) is 12.5. The second kappa shape index (κ2) is 9.20. The minimum atomic E-state index is -0.656. The lowest BCUT2D eigenvalue weighted by atomic mass is 9.97. The van der Waals surface area contributed by atoms with E-state index in [2.05, 4.69) is 6.58 Å². The van der Waals surface area contributed by atoms with Crippen LogP contribution in [0.25, 0.3) is 6.08 Å². The fourth-order valence-corrected chi connectivity index (χ4v) is 3.58. The zero-order valence-electron chi connectivity index (χ0n) is 17.3. The smallest absolute Gasteiger partial charge is 0.303 e. The van der Waals surface area contributed by atoms with Gasteiger partial charge in [0, 0.05) is 25.7 Å². The van der Waals surface area contributed by atoms with Gasteiger partial charge in [-0.15, -0.1) is 6.58 Å². The van der Waals surface area contributed by atoms with E-state index in [1.165, 1.54) is 13.8 Å². The number of benzene rings is 1. The molecule has 0 unspecified atom stereocenters. The number of esters is 2. The third-order valence-electron chi connectivity index (χ3n) is 4.52. The van der Waals surface area contributed by atoms with Crippen LogP contribution < -0.4 is 0 Å². The molecule has 5 heteroatoms. The van der Waals surface area contributed by atoms with Crippen molar-refractivity contribution in [3.8, 4) is 0 Å². The molecule has 0 radical (unpaired) electrons. The molecule has 1 fully saturated rings. The van der Waals surface area contributed by atoms with Crippen LogP contribution in [-0.4, -0.2) is 35.9 Å². The quantitative estimate of drug-likeness (QED) is 0.542. The number of hydrogen-bond acceptors (Lipinski definition) is 5. The van der Waals surface area contributed by atoms with Crippen molar-refractivity contribution < 1.29 is 23.8 Å². The van der Waals surface area contributed by atoms with Crippen LogP contribution >= 0.6 is 0 Å². The molecular weight excluding hydrogens is 356 g/mol. The van der Waals surface area contributed by atoms with Gasteiger partial charge in [0.2, 0.25) is 0 Å². The van der Waals surface area contributed by atoms with Crippen LogP contribution in [0.15, 0.2) is 49.1 Å². The van der Waals surface area contributed by atoms with Gasteiger partial charge in [0.05, 0.1) is 11.7 Å². The largest absolute Gasteiger partial charge is 0.458 e. The van der Waals surface area contributed by atoms with Crippen molar-refractivity contribution >= 4 is 18.0 Å². The first-order valence-corrected chi connectivity index (χ1v) is 9.50. The standard InChI is InChI=1S/C23H30O5/c1-7-18-20(28-23(4,5)6)19(14-13-17-11-9-8-10-12-17)22(27-16(3)25)21(18)26-15(2)24/h7-14,18-22H,1H2,2-6H3/b14-13+/t18-,19+,20+,21+,22-/m1/s1. The second-order valence-corrected chi connectivity index (χ2v) is 8.00. The Morgan fingerprint density at radius 3 is 1.93 bits per heavy atom. The maximum Gasteiger partial charge on any atom is 0.303 e.